The zero-order chi connectivity index (χ0) is 56.4. The number of unbranched alkanes of at least 4 members (excludes halogenated alkanes) is 38. The summed E-state index contributed by atoms with van der Waals surface area (Å²) in [6, 6.07) is -0.858. The van der Waals surface area contributed by atoms with Gasteiger partial charge >= 0.3 is 13.8 Å². The molecule has 0 rings (SSSR count). The molecule has 3 unspecified atom stereocenters. The third-order valence-electron chi connectivity index (χ3n) is 14.8. The van der Waals surface area contributed by atoms with Gasteiger partial charge in [0.1, 0.15) is 19.3 Å². The monoisotopic (exact) mass is 1100 g/mol. The minimum atomic E-state index is -4.45. The summed E-state index contributed by atoms with van der Waals surface area (Å²) in [7, 11) is 1.49. The number of allylic oxidation sites excluding steroid dienone is 7. The molecule has 1 amide bonds. The van der Waals surface area contributed by atoms with Gasteiger partial charge in [0.25, 0.3) is 0 Å². The van der Waals surface area contributed by atoms with Crippen LogP contribution < -0.4 is 5.32 Å². The third-order valence-corrected chi connectivity index (χ3v) is 15.8. The molecule has 0 aromatic carbocycles. The number of carbonyl (C=O) groups excluding carboxylic acids is 2. The fourth-order valence-corrected chi connectivity index (χ4v) is 10.5. The topological polar surface area (TPSA) is 111 Å². The largest absolute Gasteiger partial charge is 0.472 e. The van der Waals surface area contributed by atoms with Crippen molar-refractivity contribution in [3.8, 4) is 0 Å². The Hall–Kier alpha value is -2.03. The standard InChI is InChI=1S/C67H127N2O7P/c1-7-10-13-16-19-22-25-28-30-31-32-33-34-35-36-37-38-39-40-42-45-48-51-54-57-60-67(71)76-65(58-55-52-49-46-43-27-24-21-18-15-12-9-3)64(63-75-77(72,73)74-62-61-69(4,5)6)68-66(70)59-56-53-50-47-44-41-29-26-23-20-17-14-11-8-2/h11,14,20,23,29,41,55,58,64-65H,7-10,12-13,15-19,21-22,24-28,30-40,42-54,56-57,59-63H2,1-6H3,(H-,68,70,72,73)/p+1/b14-11+,23-20+,41-29+,58-55-. The lowest BCUT2D eigenvalue weighted by molar-refractivity contribution is -0.870. The molecule has 0 saturated heterocycles. The van der Waals surface area contributed by atoms with Gasteiger partial charge in [0.15, 0.2) is 0 Å². The molecule has 0 radical (unpaired) electrons. The number of quaternary nitrogens is 1. The molecule has 9 nitrogen and oxygen atoms in total. The molecule has 0 aromatic heterocycles. The van der Waals surface area contributed by atoms with Crippen LogP contribution in [0.5, 0.6) is 0 Å². The highest BCUT2D eigenvalue weighted by atomic mass is 31.2. The van der Waals surface area contributed by atoms with Gasteiger partial charge in [0.2, 0.25) is 5.91 Å². The third kappa shape index (κ3) is 58.4. The smallest absolute Gasteiger partial charge is 0.456 e. The highest BCUT2D eigenvalue weighted by molar-refractivity contribution is 7.47. The predicted octanol–water partition coefficient (Wildman–Crippen LogP) is 20.5. The van der Waals surface area contributed by atoms with Gasteiger partial charge in [-0.1, -0.05) is 288 Å². The number of hydrogen-bond donors (Lipinski definition) is 2. The summed E-state index contributed by atoms with van der Waals surface area (Å²) in [5, 5.41) is 3.05. The minimum absolute atomic E-state index is 0.0366. The fourth-order valence-electron chi connectivity index (χ4n) is 9.72. The maximum absolute atomic E-state index is 13.5. The van der Waals surface area contributed by atoms with E-state index in [1.54, 1.807) is 0 Å². The molecule has 0 fully saturated rings. The molecule has 0 aliphatic rings. The van der Waals surface area contributed by atoms with Gasteiger partial charge in [0, 0.05) is 12.8 Å². The van der Waals surface area contributed by atoms with Gasteiger partial charge in [-0.25, -0.2) is 4.57 Å². The number of ether oxygens (including phenoxy) is 1. The van der Waals surface area contributed by atoms with Crippen molar-refractivity contribution in [1.29, 1.82) is 0 Å². The number of phosphoric ester groups is 1. The Morgan fingerprint density at radius 1 is 0.468 bits per heavy atom. The van der Waals surface area contributed by atoms with Gasteiger partial charge in [-0.05, 0) is 63.9 Å². The van der Waals surface area contributed by atoms with Crippen LogP contribution in [0.15, 0.2) is 48.6 Å². The summed E-state index contributed by atoms with van der Waals surface area (Å²) in [5.74, 6) is -0.519. The molecule has 0 aromatic rings. The van der Waals surface area contributed by atoms with Crippen LogP contribution in [0.3, 0.4) is 0 Å². The van der Waals surface area contributed by atoms with Gasteiger partial charge in [-0.3, -0.25) is 18.6 Å². The first-order chi connectivity index (χ1) is 37.4. The Kier molecular flexibility index (Phi) is 55.7. The molecule has 0 aliphatic heterocycles. The predicted molar refractivity (Wildman–Crippen MR) is 332 cm³/mol. The lowest BCUT2D eigenvalue weighted by Crippen LogP contribution is -2.47. The van der Waals surface area contributed by atoms with Crippen LogP contribution in [-0.2, 0) is 27.9 Å². The molecule has 0 heterocycles. The van der Waals surface area contributed by atoms with Crippen molar-refractivity contribution in [2.45, 2.75) is 328 Å². The van der Waals surface area contributed by atoms with Crippen LogP contribution in [0.2, 0.25) is 0 Å². The Balaban J connectivity index is 5.06. The maximum atomic E-state index is 13.5. The summed E-state index contributed by atoms with van der Waals surface area (Å²) in [6.07, 6.45) is 71.3. The average Bonchev–Trinajstić information content (AvgIpc) is 3.39. The van der Waals surface area contributed by atoms with E-state index < -0.39 is 20.0 Å². The van der Waals surface area contributed by atoms with Crippen LogP contribution in [0.1, 0.15) is 316 Å². The second-order valence-corrected chi connectivity index (χ2v) is 25.1. The van der Waals surface area contributed by atoms with E-state index >= 15 is 0 Å². The zero-order valence-corrected chi connectivity index (χ0v) is 52.6. The van der Waals surface area contributed by atoms with Crippen molar-refractivity contribution in [1.82, 2.24) is 5.32 Å². The Morgan fingerprint density at radius 3 is 1.25 bits per heavy atom. The summed E-state index contributed by atoms with van der Waals surface area (Å²) >= 11 is 0. The summed E-state index contributed by atoms with van der Waals surface area (Å²) in [4.78, 5) is 37.7. The second-order valence-electron chi connectivity index (χ2n) is 23.6. The molecule has 0 spiro atoms. The Bertz CT molecular complexity index is 1460. The minimum Gasteiger partial charge on any atom is -0.456 e. The van der Waals surface area contributed by atoms with E-state index in [4.69, 9.17) is 13.8 Å². The molecule has 0 aliphatic carbocycles. The molecule has 2 N–H and O–H groups in total. The second kappa shape index (κ2) is 57.2. The molecule has 10 heteroatoms. The van der Waals surface area contributed by atoms with E-state index in [1.165, 1.54) is 193 Å². The molecular formula is C67H128N2O7P+. The quantitative estimate of drug-likeness (QED) is 0.0205. The van der Waals surface area contributed by atoms with Crippen molar-refractivity contribution in [2.75, 3.05) is 40.9 Å². The van der Waals surface area contributed by atoms with Crippen LogP contribution in [-0.4, -0.2) is 74.3 Å². The number of likely N-dealkylation sites (N-methyl/N-ethyl adjacent to an activating group) is 1. The molecule has 3 atom stereocenters. The Labute approximate surface area is 478 Å². The first kappa shape index (κ1) is 75.0. The summed E-state index contributed by atoms with van der Waals surface area (Å²) in [5.41, 5.74) is 0. The number of carbonyl (C=O) groups is 2. The fraction of sp³-hybridized carbons (Fsp3) is 0.851. The molecular weight excluding hydrogens is 976 g/mol. The van der Waals surface area contributed by atoms with Crippen LogP contribution in [0.25, 0.3) is 0 Å². The number of esters is 1. The first-order valence-electron chi connectivity index (χ1n) is 33.0. The van der Waals surface area contributed by atoms with E-state index in [9.17, 15) is 19.0 Å². The molecule has 452 valence electrons. The van der Waals surface area contributed by atoms with Gasteiger partial charge in [0.05, 0.1) is 33.8 Å². The highest BCUT2D eigenvalue weighted by Crippen LogP contribution is 2.43. The van der Waals surface area contributed by atoms with Gasteiger partial charge in [-0.2, -0.15) is 0 Å². The van der Waals surface area contributed by atoms with Crippen molar-refractivity contribution < 1.29 is 37.3 Å². The molecule has 77 heavy (non-hydrogen) atoms. The van der Waals surface area contributed by atoms with Gasteiger partial charge in [-0.15, -0.1) is 0 Å². The van der Waals surface area contributed by atoms with Crippen molar-refractivity contribution in [2.24, 2.45) is 0 Å². The number of nitrogens with zero attached hydrogens (tertiary/aromatic N) is 1. The molecule has 0 saturated carbocycles. The van der Waals surface area contributed by atoms with E-state index in [0.29, 0.717) is 23.9 Å². The van der Waals surface area contributed by atoms with Crippen molar-refractivity contribution in [3.05, 3.63) is 48.6 Å². The van der Waals surface area contributed by atoms with Crippen molar-refractivity contribution >= 4 is 19.7 Å². The van der Waals surface area contributed by atoms with Crippen molar-refractivity contribution in [3.63, 3.8) is 0 Å². The molecule has 0 bridgehead atoms. The van der Waals surface area contributed by atoms with Gasteiger partial charge < -0.3 is 19.4 Å². The number of hydrogen-bond acceptors (Lipinski definition) is 6. The lowest BCUT2D eigenvalue weighted by Gasteiger charge is -2.27. The normalized spacial score (nSPS) is 13.9. The Morgan fingerprint density at radius 2 is 0.831 bits per heavy atom. The maximum Gasteiger partial charge on any atom is 0.472 e. The summed E-state index contributed by atoms with van der Waals surface area (Å²) in [6.45, 7) is 6.92. The van der Waals surface area contributed by atoms with Crippen LogP contribution in [0.4, 0.5) is 0 Å². The van der Waals surface area contributed by atoms with E-state index in [-0.39, 0.29) is 25.1 Å². The van der Waals surface area contributed by atoms with E-state index in [2.05, 4.69) is 62.5 Å². The van der Waals surface area contributed by atoms with Crippen LogP contribution in [0, 0.1) is 0 Å². The number of phosphoric acid groups is 1. The highest BCUT2D eigenvalue weighted by Gasteiger charge is 2.30. The SMILES string of the molecule is CC/C=C/C/C=C/C/C=C/CCCCCCC(=O)NC(COP(=O)(O)OCC[N+](C)(C)C)C(/C=C\CCCCCCCCCCCC)OC(=O)CCCCCCCCCCCCCCCCCCCCCCCCCCC. The van der Waals surface area contributed by atoms with E-state index in [0.717, 1.165) is 89.9 Å². The zero-order valence-electron chi connectivity index (χ0n) is 51.7. The summed E-state index contributed by atoms with van der Waals surface area (Å²) < 4.78 is 30.7. The number of amides is 1. The lowest BCUT2D eigenvalue weighted by atomic mass is 10.0. The first-order valence-corrected chi connectivity index (χ1v) is 34.5. The average molecular weight is 1100 g/mol. The number of nitrogens with one attached hydrogen (secondary N) is 1. The number of rotatable bonds is 60. The van der Waals surface area contributed by atoms with Crippen LogP contribution >= 0.6 is 7.82 Å². The van der Waals surface area contributed by atoms with E-state index in [1.807, 2.05) is 33.3 Å².